The summed E-state index contributed by atoms with van der Waals surface area (Å²) in [5.74, 6) is -2.03. The van der Waals surface area contributed by atoms with Gasteiger partial charge in [0.25, 0.3) is 5.91 Å². The molecule has 0 aliphatic rings. The number of carbonyl (C=O) groups is 2. The van der Waals surface area contributed by atoms with Gasteiger partial charge in [0.05, 0.1) is 29.1 Å². The molecule has 1 atom stereocenters. The number of nitrogens with zero attached hydrogens (tertiary/aromatic N) is 2. The standard InChI is InChI=1S/C19H24FN3O3/c1-4-17-16(11-22-23(17)15-7-5-14(20)6-8-15)18(24)21-10-13(19(25)26)9-12(2)3/h5-8,11-13H,4,9-10H2,1-3H3,(H,21,24)(H,25,26). The lowest BCUT2D eigenvalue weighted by Crippen LogP contribution is -2.34. The van der Waals surface area contributed by atoms with E-state index in [1.807, 2.05) is 20.8 Å². The maximum atomic E-state index is 13.1. The molecule has 1 aromatic heterocycles. The molecule has 7 heteroatoms. The van der Waals surface area contributed by atoms with E-state index >= 15 is 0 Å². The summed E-state index contributed by atoms with van der Waals surface area (Å²) in [6.45, 7) is 5.85. The molecular weight excluding hydrogens is 337 g/mol. The van der Waals surface area contributed by atoms with Crippen LogP contribution >= 0.6 is 0 Å². The van der Waals surface area contributed by atoms with E-state index in [9.17, 15) is 19.1 Å². The van der Waals surface area contributed by atoms with Crippen molar-refractivity contribution in [2.45, 2.75) is 33.6 Å². The predicted molar refractivity (Wildman–Crippen MR) is 95.8 cm³/mol. The minimum atomic E-state index is -0.920. The second kappa shape index (κ2) is 8.60. The molecule has 1 aromatic carbocycles. The van der Waals surface area contributed by atoms with E-state index < -0.39 is 11.9 Å². The molecular formula is C19H24FN3O3. The van der Waals surface area contributed by atoms with Crippen molar-refractivity contribution in [1.82, 2.24) is 15.1 Å². The van der Waals surface area contributed by atoms with Crippen LogP contribution < -0.4 is 5.32 Å². The number of hydrogen-bond acceptors (Lipinski definition) is 3. The van der Waals surface area contributed by atoms with Crippen LogP contribution in [0.15, 0.2) is 30.5 Å². The number of benzene rings is 1. The molecule has 0 spiro atoms. The number of aliphatic carboxylic acids is 1. The van der Waals surface area contributed by atoms with Gasteiger partial charge < -0.3 is 10.4 Å². The highest BCUT2D eigenvalue weighted by molar-refractivity contribution is 5.95. The number of carbonyl (C=O) groups excluding carboxylic acids is 1. The largest absolute Gasteiger partial charge is 0.481 e. The van der Waals surface area contributed by atoms with Gasteiger partial charge in [-0.15, -0.1) is 0 Å². The number of nitrogens with one attached hydrogen (secondary N) is 1. The van der Waals surface area contributed by atoms with E-state index in [4.69, 9.17) is 0 Å². The summed E-state index contributed by atoms with van der Waals surface area (Å²) in [5, 5.41) is 16.2. The molecule has 26 heavy (non-hydrogen) atoms. The summed E-state index contributed by atoms with van der Waals surface area (Å²) in [6, 6.07) is 5.84. The van der Waals surface area contributed by atoms with Crippen molar-refractivity contribution in [2.24, 2.45) is 11.8 Å². The van der Waals surface area contributed by atoms with Gasteiger partial charge in [-0.1, -0.05) is 20.8 Å². The van der Waals surface area contributed by atoms with Crippen LogP contribution in [0.25, 0.3) is 5.69 Å². The Labute approximate surface area is 152 Å². The van der Waals surface area contributed by atoms with E-state index in [2.05, 4.69) is 10.4 Å². The molecule has 2 N–H and O–H groups in total. The minimum absolute atomic E-state index is 0.0667. The Kier molecular flexibility index (Phi) is 6.49. The van der Waals surface area contributed by atoms with Crippen molar-refractivity contribution in [3.05, 3.63) is 47.5 Å². The third kappa shape index (κ3) is 4.68. The van der Waals surface area contributed by atoms with Crippen LogP contribution in [0.5, 0.6) is 0 Å². The van der Waals surface area contributed by atoms with Crippen LogP contribution in [0, 0.1) is 17.7 Å². The van der Waals surface area contributed by atoms with Crippen molar-refractivity contribution in [2.75, 3.05) is 6.54 Å². The highest BCUT2D eigenvalue weighted by Gasteiger charge is 2.22. The average Bonchev–Trinajstić information content (AvgIpc) is 3.02. The third-order valence-corrected chi connectivity index (χ3v) is 4.13. The number of amides is 1. The summed E-state index contributed by atoms with van der Waals surface area (Å²) in [4.78, 5) is 23.8. The minimum Gasteiger partial charge on any atom is -0.481 e. The quantitative estimate of drug-likeness (QED) is 0.757. The van der Waals surface area contributed by atoms with E-state index in [-0.39, 0.29) is 24.2 Å². The Balaban J connectivity index is 2.16. The van der Waals surface area contributed by atoms with E-state index in [0.717, 1.165) is 0 Å². The molecule has 1 heterocycles. The summed E-state index contributed by atoms with van der Waals surface area (Å²) in [6.07, 6.45) is 2.50. The second-order valence-electron chi connectivity index (χ2n) is 6.62. The SMILES string of the molecule is CCc1c(C(=O)NCC(CC(C)C)C(=O)O)cnn1-c1ccc(F)cc1. The van der Waals surface area contributed by atoms with Crippen molar-refractivity contribution in [3.63, 3.8) is 0 Å². The Morgan fingerprint density at radius 1 is 1.27 bits per heavy atom. The first-order valence-electron chi connectivity index (χ1n) is 8.67. The molecule has 0 bridgehead atoms. The fourth-order valence-electron chi connectivity index (χ4n) is 2.86. The Morgan fingerprint density at radius 2 is 1.92 bits per heavy atom. The third-order valence-electron chi connectivity index (χ3n) is 4.13. The predicted octanol–water partition coefficient (Wildman–Crippen LogP) is 3.05. The fourth-order valence-corrected chi connectivity index (χ4v) is 2.86. The van der Waals surface area contributed by atoms with Crippen LogP contribution in [0.1, 0.15) is 43.2 Å². The molecule has 0 saturated heterocycles. The van der Waals surface area contributed by atoms with Gasteiger partial charge >= 0.3 is 5.97 Å². The average molecular weight is 361 g/mol. The monoisotopic (exact) mass is 361 g/mol. The highest BCUT2D eigenvalue weighted by atomic mass is 19.1. The van der Waals surface area contributed by atoms with Gasteiger partial charge in [-0.3, -0.25) is 9.59 Å². The van der Waals surface area contributed by atoms with Gasteiger partial charge in [0, 0.05) is 6.54 Å². The zero-order valence-electron chi connectivity index (χ0n) is 15.2. The van der Waals surface area contributed by atoms with E-state index in [1.54, 1.807) is 16.8 Å². The van der Waals surface area contributed by atoms with Gasteiger partial charge in [-0.05, 0) is 43.0 Å². The van der Waals surface area contributed by atoms with Crippen LogP contribution in [0.2, 0.25) is 0 Å². The van der Waals surface area contributed by atoms with E-state index in [0.29, 0.717) is 29.8 Å². The van der Waals surface area contributed by atoms with Crippen molar-refractivity contribution < 1.29 is 19.1 Å². The Bertz CT molecular complexity index is 769. The fraction of sp³-hybridized carbons (Fsp3) is 0.421. The number of carboxylic acids is 1. The zero-order valence-corrected chi connectivity index (χ0v) is 15.2. The molecule has 0 fully saturated rings. The van der Waals surface area contributed by atoms with Gasteiger partial charge in [0.1, 0.15) is 5.82 Å². The van der Waals surface area contributed by atoms with Gasteiger partial charge in [0.2, 0.25) is 0 Å². The van der Waals surface area contributed by atoms with Crippen molar-refractivity contribution in [3.8, 4) is 5.69 Å². The van der Waals surface area contributed by atoms with Crippen LogP contribution in [0.4, 0.5) is 4.39 Å². The highest BCUT2D eigenvalue weighted by Crippen LogP contribution is 2.17. The zero-order chi connectivity index (χ0) is 19.3. The topological polar surface area (TPSA) is 84.2 Å². The molecule has 140 valence electrons. The molecule has 0 radical (unpaired) electrons. The normalized spacial score (nSPS) is 12.2. The van der Waals surface area contributed by atoms with Crippen LogP contribution in [-0.2, 0) is 11.2 Å². The number of rotatable bonds is 8. The van der Waals surface area contributed by atoms with Crippen molar-refractivity contribution in [1.29, 1.82) is 0 Å². The molecule has 2 aromatic rings. The molecule has 2 rings (SSSR count). The lowest BCUT2D eigenvalue weighted by atomic mass is 9.97. The molecule has 1 unspecified atom stereocenters. The second-order valence-corrected chi connectivity index (χ2v) is 6.62. The maximum absolute atomic E-state index is 13.1. The molecule has 1 amide bonds. The first-order chi connectivity index (χ1) is 12.3. The summed E-state index contributed by atoms with van der Waals surface area (Å²) in [7, 11) is 0. The Hall–Kier alpha value is -2.70. The maximum Gasteiger partial charge on any atom is 0.308 e. The lowest BCUT2D eigenvalue weighted by molar-refractivity contribution is -0.142. The molecule has 0 aliphatic carbocycles. The lowest BCUT2D eigenvalue weighted by Gasteiger charge is -2.15. The van der Waals surface area contributed by atoms with E-state index in [1.165, 1.54) is 18.3 Å². The number of carboxylic acid groups (broad SMARTS) is 1. The smallest absolute Gasteiger partial charge is 0.308 e. The van der Waals surface area contributed by atoms with Gasteiger partial charge in [-0.25, -0.2) is 9.07 Å². The van der Waals surface area contributed by atoms with Crippen molar-refractivity contribution >= 4 is 11.9 Å². The first-order valence-corrected chi connectivity index (χ1v) is 8.67. The summed E-state index contributed by atoms with van der Waals surface area (Å²) >= 11 is 0. The first kappa shape index (κ1) is 19.6. The number of halogens is 1. The summed E-state index contributed by atoms with van der Waals surface area (Å²) in [5.41, 5.74) is 1.74. The molecule has 0 aliphatic heterocycles. The number of aromatic nitrogens is 2. The summed E-state index contributed by atoms with van der Waals surface area (Å²) < 4.78 is 14.7. The number of hydrogen-bond donors (Lipinski definition) is 2. The Morgan fingerprint density at radius 3 is 2.46 bits per heavy atom. The van der Waals surface area contributed by atoms with Gasteiger partial charge in [-0.2, -0.15) is 5.10 Å². The van der Waals surface area contributed by atoms with Gasteiger partial charge in [0.15, 0.2) is 0 Å². The molecule has 0 saturated carbocycles. The van der Waals surface area contributed by atoms with Crippen LogP contribution in [-0.4, -0.2) is 33.3 Å². The molecule has 6 nitrogen and oxygen atoms in total. The van der Waals surface area contributed by atoms with Crippen LogP contribution in [0.3, 0.4) is 0 Å².